The summed E-state index contributed by atoms with van der Waals surface area (Å²) in [6.07, 6.45) is 6.89. The molecule has 2 aliphatic rings. The molecule has 1 aromatic rings. The molecule has 1 saturated heterocycles. The molecule has 0 aromatic heterocycles. The summed E-state index contributed by atoms with van der Waals surface area (Å²) < 4.78 is 37.5. The minimum absolute atomic E-state index is 0.0163. The Labute approximate surface area is 173 Å². The van der Waals surface area contributed by atoms with E-state index in [2.05, 4.69) is 23.0 Å². The highest BCUT2D eigenvalue weighted by Gasteiger charge is 2.31. The minimum Gasteiger partial charge on any atom is -0.486 e. The van der Waals surface area contributed by atoms with Crippen molar-refractivity contribution < 1.29 is 22.7 Å². The third kappa shape index (κ3) is 6.50. The van der Waals surface area contributed by atoms with Gasteiger partial charge in [0, 0.05) is 12.1 Å². The molecule has 0 radical (unpaired) electrons. The molecular formula is C21H32N2O5S. The molecule has 2 atom stereocenters. The first-order valence-corrected chi connectivity index (χ1v) is 12.2. The number of aldehydes is 1. The van der Waals surface area contributed by atoms with Crippen molar-refractivity contribution in [2.75, 3.05) is 26.0 Å². The van der Waals surface area contributed by atoms with Gasteiger partial charge in [-0.05, 0) is 63.1 Å². The Morgan fingerprint density at radius 3 is 2.66 bits per heavy atom. The van der Waals surface area contributed by atoms with Crippen LogP contribution in [0.2, 0.25) is 0 Å². The van der Waals surface area contributed by atoms with Crippen LogP contribution in [-0.4, -0.2) is 58.9 Å². The highest BCUT2D eigenvalue weighted by molar-refractivity contribution is 7.88. The van der Waals surface area contributed by atoms with E-state index >= 15 is 0 Å². The molecule has 1 aliphatic carbocycles. The maximum Gasteiger partial charge on any atom is 0.209 e. The lowest BCUT2D eigenvalue weighted by Crippen LogP contribution is -2.46. The van der Waals surface area contributed by atoms with E-state index in [1.54, 1.807) is 0 Å². The Balaban J connectivity index is 1.51. The van der Waals surface area contributed by atoms with Crippen molar-refractivity contribution in [1.29, 1.82) is 0 Å². The number of carbonyl (C=O) groups is 1. The van der Waals surface area contributed by atoms with E-state index in [0.29, 0.717) is 12.5 Å². The van der Waals surface area contributed by atoms with E-state index in [9.17, 15) is 13.2 Å². The van der Waals surface area contributed by atoms with Crippen molar-refractivity contribution in [2.45, 2.75) is 63.1 Å². The van der Waals surface area contributed by atoms with Gasteiger partial charge in [0.15, 0.2) is 6.29 Å². The molecule has 7 nitrogen and oxygen atoms in total. The number of ether oxygens (including phenoxy) is 2. The van der Waals surface area contributed by atoms with E-state index in [-0.39, 0.29) is 24.8 Å². The largest absolute Gasteiger partial charge is 0.486 e. The summed E-state index contributed by atoms with van der Waals surface area (Å²) in [6, 6.07) is 6.04. The molecule has 0 spiro atoms. The lowest BCUT2D eigenvalue weighted by molar-refractivity contribution is -0.109. The Morgan fingerprint density at radius 1 is 1.21 bits per heavy atom. The fourth-order valence-corrected chi connectivity index (χ4v) is 5.21. The Kier molecular flexibility index (Phi) is 7.67. The van der Waals surface area contributed by atoms with Crippen LogP contribution >= 0.6 is 0 Å². The minimum atomic E-state index is -3.22. The van der Waals surface area contributed by atoms with Crippen molar-refractivity contribution in [3.05, 3.63) is 29.3 Å². The highest BCUT2D eigenvalue weighted by Crippen LogP contribution is 2.39. The van der Waals surface area contributed by atoms with E-state index in [4.69, 9.17) is 9.47 Å². The second-order valence-corrected chi connectivity index (χ2v) is 9.95. The second-order valence-electron chi connectivity index (χ2n) is 8.17. The van der Waals surface area contributed by atoms with Gasteiger partial charge in [-0.1, -0.05) is 17.7 Å². The van der Waals surface area contributed by atoms with Gasteiger partial charge >= 0.3 is 0 Å². The van der Waals surface area contributed by atoms with Crippen LogP contribution in [0, 0.1) is 6.92 Å². The zero-order valence-electron chi connectivity index (χ0n) is 17.2. The Bertz CT molecular complexity index is 790. The maximum absolute atomic E-state index is 11.5. The third-order valence-electron chi connectivity index (χ3n) is 5.81. The molecular weight excluding hydrogens is 392 g/mol. The van der Waals surface area contributed by atoms with Crippen LogP contribution < -0.4 is 14.8 Å². The molecule has 1 aromatic carbocycles. The van der Waals surface area contributed by atoms with Gasteiger partial charge in [0.25, 0.3) is 0 Å². The average molecular weight is 425 g/mol. The normalized spacial score (nSPS) is 27.7. The predicted octanol–water partition coefficient (Wildman–Crippen LogP) is 1.90. The number of benzene rings is 1. The molecule has 2 N–H and O–H groups in total. The van der Waals surface area contributed by atoms with Crippen LogP contribution in [0.5, 0.6) is 5.75 Å². The van der Waals surface area contributed by atoms with Gasteiger partial charge in [-0.25, -0.2) is 13.1 Å². The van der Waals surface area contributed by atoms with Crippen LogP contribution in [0.25, 0.3) is 0 Å². The molecule has 1 heterocycles. The molecule has 2 fully saturated rings. The molecule has 162 valence electrons. The molecule has 1 unspecified atom stereocenters. The van der Waals surface area contributed by atoms with Crippen LogP contribution in [-0.2, 0) is 19.6 Å². The number of hydrogen-bond acceptors (Lipinski definition) is 6. The Hall–Kier alpha value is -1.48. The number of sulfonamides is 1. The molecule has 1 saturated carbocycles. The molecule has 29 heavy (non-hydrogen) atoms. The van der Waals surface area contributed by atoms with Gasteiger partial charge in [0.2, 0.25) is 10.0 Å². The van der Waals surface area contributed by atoms with Gasteiger partial charge in [-0.3, -0.25) is 4.79 Å². The second kappa shape index (κ2) is 10.0. The first-order chi connectivity index (χ1) is 13.9. The SMILES string of the molecule is Cc1ccc(OCC=O)c(C2CCC(OCC3NCC[C@@H]3NS(C)(=O)=O)CC2)c1. The summed E-state index contributed by atoms with van der Waals surface area (Å²) in [4.78, 5) is 10.7. The number of rotatable bonds is 9. The van der Waals surface area contributed by atoms with Crippen LogP contribution in [0.4, 0.5) is 0 Å². The average Bonchev–Trinajstić information content (AvgIpc) is 3.11. The first kappa shape index (κ1) is 22.2. The summed E-state index contributed by atoms with van der Waals surface area (Å²) in [7, 11) is -3.22. The Morgan fingerprint density at radius 2 is 1.97 bits per heavy atom. The fraction of sp³-hybridized carbons (Fsp3) is 0.667. The maximum atomic E-state index is 11.5. The van der Waals surface area contributed by atoms with E-state index in [0.717, 1.165) is 50.7 Å². The summed E-state index contributed by atoms with van der Waals surface area (Å²) in [5, 5.41) is 3.34. The van der Waals surface area contributed by atoms with Crippen LogP contribution in [0.3, 0.4) is 0 Å². The lowest BCUT2D eigenvalue weighted by atomic mass is 9.82. The van der Waals surface area contributed by atoms with Crippen LogP contribution in [0.15, 0.2) is 18.2 Å². The first-order valence-electron chi connectivity index (χ1n) is 10.3. The van der Waals surface area contributed by atoms with Crippen molar-refractivity contribution in [3.8, 4) is 5.75 Å². The van der Waals surface area contributed by atoms with E-state index in [1.165, 1.54) is 17.4 Å². The van der Waals surface area contributed by atoms with Crippen LogP contribution in [0.1, 0.15) is 49.1 Å². The van der Waals surface area contributed by atoms with Crippen molar-refractivity contribution in [2.24, 2.45) is 0 Å². The van der Waals surface area contributed by atoms with Gasteiger partial charge in [-0.2, -0.15) is 0 Å². The number of carbonyl (C=O) groups excluding carboxylic acids is 1. The van der Waals surface area contributed by atoms with E-state index < -0.39 is 10.0 Å². The standard InChI is InChI=1S/C21H32N2O5S/c1-15-3-8-21(27-12-11-24)18(13-15)16-4-6-17(7-5-16)28-14-20-19(9-10-22-20)23-29(2,25)26/h3,8,11,13,16-17,19-20,22-23H,4-7,9-10,12,14H2,1-2H3/t16?,17?,19-,20?/m0/s1. The number of nitrogens with one attached hydrogen (secondary N) is 2. The predicted molar refractivity (Wildman–Crippen MR) is 112 cm³/mol. The van der Waals surface area contributed by atoms with Crippen molar-refractivity contribution in [3.63, 3.8) is 0 Å². The topological polar surface area (TPSA) is 93.7 Å². The lowest BCUT2D eigenvalue weighted by Gasteiger charge is -2.31. The monoisotopic (exact) mass is 424 g/mol. The number of hydrogen-bond donors (Lipinski definition) is 2. The third-order valence-corrected chi connectivity index (χ3v) is 6.54. The van der Waals surface area contributed by atoms with Gasteiger partial charge in [0.05, 0.1) is 19.0 Å². The molecule has 0 bridgehead atoms. The van der Waals surface area contributed by atoms with Gasteiger partial charge in [-0.15, -0.1) is 0 Å². The smallest absolute Gasteiger partial charge is 0.209 e. The zero-order chi connectivity index (χ0) is 20.9. The molecule has 8 heteroatoms. The zero-order valence-corrected chi connectivity index (χ0v) is 18.0. The summed E-state index contributed by atoms with van der Waals surface area (Å²) in [5.74, 6) is 1.21. The van der Waals surface area contributed by atoms with Crippen molar-refractivity contribution in [1.82, 2.24) is 10.0 Å². The molecule has 3 rings (SSSR count). The molecule has 1 aliphatic heterocycles. The van der Waals surface area contributed by atoms with Gasteiger partial charge in [0.1, 0.15) is 12.4 Å². The highest BCUT2D eigenvalue weighted by atomic mass is 32.2. The van der Waals surface area contributed by atoms with Crippen molar-refractivity contribution >= 4 is 16.3 Å². The summed E-state index contributed by atoms with van der Waals surface area (Å²) >= 11 is 0. The summed E-state index contributed by atoms with van der Waals surface area (Å²) in [6.45, 7) is 3.45. The molecule has 0 amide bonds. The van der Waals surface area contributed by atoms with Gasteiger partial charge < -0.3 is 14.8 Å². The fourth-order valence-electron chi connectivity index (χ4n) is 4.38. The van der Waals surface area contributed by atoms with E-state index in [1.807, 2.05) is 12.1 Å². The summed E-state index contributed by atoms with van der Waals surface area (Å²) in [5.41, 5.74) is 2.37. The number of aryl methyl sites for hydroxylation is 1. The quantitative estimate of drug-likeness (QED) is 0.588.